The van der Waals surface area contributed by atoms with Gasteiger partial charge in [-0.25, -0.2) is 8.78 Å². The molecule has 0 saturated heterocycles. The number of nitrogens with zero attached hydrogens (tertiary/aromatic N) is 1. The maximum absolute atomic E-state index is 13.8. The summed E-state index contributed by atoms with van der Waals surface area (Å²) in [6.45, 7) is 4.95. The standard InChI is InChI=1S/C15H24F2N2/c1-5-7-11(2)19(4)10-14(18-3)12-8-6-9-13(16)15(12)17/h6,8-9,11,14,18H,5,7,10H2,1-4H3. The fraction of sp³-hybridized carbons (Fsp3) is 0.600. The number of hydrogen-bond acceptors (Lipinski definition) is 2. The lowest BCUT2D eigenvalue weighted by Crippen LogP contribution is -2.37. The molecule has 1 rings (SSSR count). The minimum absolute atomic E-state index is 0.208. The van der Waals surface area contributed by atoms with Crippen molar-refractivity contribution < 1.29 is 8.78 Å². The Kier molecular flexibility index (Phi) is 6.38. The van der Waals surface area contributed by atoms with Crippen LogP contribution in [0, 0.1) is 11.6 Å². The van der Waals surface area contributed by atoms with Gasteiger partial charge in [-0.15, -0.1) is 0 Å². The molecule has 0 radical (unpaired) electrons. The summed E-state index contributed by atoms with van der Waals surface area (Å²) in [5, 5.41) is 3.07. The van der Waals surface area contributed by atoms with Crippen LogP contribution in [0.15, 0.2) is 18.2 Å². The molecular weight excluding hydrogens is 246 g/mol. The molecule has 0 bridgehead atoms. The Morgan fingerprint density at radius 3 is 2.58 bits per heavy atom. The van der Waals surface area contributed by atoms with E-state index in [-0.39, 0.29) is 6.04 Å². The zero-order valence-electron chi connectivity index (χ0n) is 12.2. The van der Waals surface area contributed by atoms with Crippen LogP contribution in [0.25, 0.3) is 0 Å². The zero-order chi connectivity index (χ0) is 14.4. The summed E-state index contributed by atoms with van der Waals surface area (Å²) in [5.41, 5.74) is 0.387. The van der Waals surface area contributed by atoms with E-state index in [2.05, 4.69) is 24.1 Å². The van der Waals surface area contributed by atoms with Crippen LogP contribution in [0.1, 0.15) is 38.3 Å². The smallest absolute Gasteiger partial charge is 0.163 e. The third-order valence-corrected chi connectivity index (χ3v) is 3.63. The maximum Gasteiger partial charge on any atom is 0.163 e. The van der Waals surface area contributed by atoms with Crippen molar-refractivity contribution in [2.24, 2.45) is 0 Å². The van der Waals surface area contributed by atoms with E-state index < -0.39 is 11.6 Å². The highest BCUT2D eigenvalue weighted by Gasteiger charge is 2.20. The normalized spacial score (nSPS) is 14.7. The first-order valence-corrected chi connectivity index (χ1v) is 6.82. The van der Waals surface area contributed by atoms with Gasteiger partial charge in [0.15, 0.2) is 11.6 Å². The summed E-state index contributed by atoms with van der Waals surface area (Å²) in [7, 11) is 3.79. The molecule has 0 spiro atoms. The Bertz CT molecular complexity index is 396. The van der Waals surface area contributed by atoms with E-state index in [0.29, 0.717) is 18.2 Å². The van der Waals surface area contributed by atoms with Gasteiger partial charge in [0, 0.05) is 24.2 Å². The Labute approximate surface area is 114 Å². The van der Waals surface area contributed by atoms with Crippen LogP contribution in [-0.2, 0) is 0 Å². The summed E-state index contributed by atoms with van der Waals surface area (Å²) < 4.78 is 27.1. The summed E-state index contributed by atoms with van der Waals surface area (Å²) in [5.74, 6) is -1.54. The highest BCUT2D eigenvalue weighted by molar-refractivity contribution is 5.22. The lowest BCUT2D eigenvalue weighted by molar-refractivity contribution is 0.220. The SMILES string of the molecule is CCCC(C)N(C)CC(NC)c1cccc(F)c1F. The van der Waals surface area contributed by atoms with Gasteiger partial charge < -0.3 is 10.2 Å². The molecule has 1 aromatic rings. The van der Waals surface area contributed by atoms with Gasteiger partial charge in [0.1, 0.15) is 0 Å². The lowest BCUT2D eigenvalue weighted by Gasteiger charge is -2.29. The van der Waals surface area contributed by atoms with Gasteiger partial charge in [-0.2, -0.15) is 0 Å². The lowest BCUT2D eigenvalue weighted by atomic mass is 10.0. The Hall–Kier alpha value is -1.00. The molecule has 0 saturated carbocycles. The number of nitrogens with one attached hydrogen (secondary N) is 1. The van der Waals surface area contributed by atoms with Crippen LogP contribution in [0.4, 0.5) is 8.78 Å². The first-order chi connectivity index (χ1) is 9.01. The third kappa shape index (κ3) is 4.25. The van der Waals surface area contributed by atoms with Gasteiger partial charge in [-0.3, -0.25) is 0 Å². The number of halogens is 2. The first-order valence-electron chi connectivity index (χ1n) is 6.82. The molecule has 4 heteroatoms. The minimum Gasteiger partial charge on any atom is -0.312 e. The summed E-state index contributed by atoms with van der Waals surface area (Å²) in [6, 6.07) is 4.55. The molecule has 108 valence electrons. The van der Waals surface area contributed by atoms with Gasteiger partial charge in [-0.1, -0.05) is 25.5 Å². The zero-order valence-corrected chi connectivity index (χ0v) is 12.2. The molecule has 0 fully saturated rings. The Balaban J connectivity index is 2.81. The second kappa shape index (κ2) is 7.56. The highest BCUT2D eigenvalue weighted by Crippen LogP contribution is 2.20. The number of likely N-dealkylation sites (N-methyl/N-ethyl adjacent to an activating group) is 2. The average Bonchev–Trinajstić information content (AvgIpc) is 2.39. The van der Waals surface area contributed by atoms with E-state index in [1.165, 1.54) is 0 Å². The molecule has 1 N–H and O–H groups in total. The van der Waals surface area contributed by atoms with Crippen LogP contribution in [-0.4, -0.2) is 31.6 Å². The van der Waals surface area contributed by atoms with Crippen molar-refractivity contribution in [1.82, 2.24) is 10.2 Å². The minimum atomic E-state index is -0.790. The molecule has 1 aromatic carbocycles. The van der Waals surface area contributed by atoms with E-state index >= 15 is 0 Å². The second-order valence-electron chi connectivity index (χ2n) is 5.06. The average molecular weight is 270 g/mol. The molecule has 0 aromatic heterocycles. The molecule has 19 heavy (non-hydrogen) atoms. The largest absolute Gasteiger partial charge is 0.312 e. The Morgan fingerprint density at radius 1 is 1.32 bits per heavy atom. The van der Waals surface area contributed by atoms with Crippen molar-refractivity contribution in [1.29, 1.82) is 0 Å². The van der Waals surface area contributed by atoms with Crippen molar-refractivity contribution in [2.45, 2.75) is 38.8 Å². The van der Waals surface area contributed by atoms with Gasteiger partial charge in [-0.05, 0) is 33.5 Å². The van der Waals surface area contributed by atoms with Crippen LogP contribution in [0.5, 0.6) is 0 Å². The number of benzene rings is 1. The molecule has 0 heterocycles. The molecule has 0 amide bonds. The van der Waals surface area contributed by atoms with E-state index in [9.17, 15) is 8.78 Å². The van der Waals surface area contributed by atoms with Gasteiger partial charge in [0.05, 0.1) is 0 Å². The second-order valence-corrected chi connectivity index (χ2v) is 5.06. The topological polar surface area (TPSA) is 15.3 Å². The molecule has 2 unspecified atom stereocenters. The van der Waals surface area contributed by atoms with Crippen molar-refractivity contribution in [3.8, 4) is 0 Å². The predicted octanol–water partition coefficient (Wildman–Crippen LogP) is 3.35. The van der Waals surface area contributed by atoms with Crippen LogP contribution < -0.4 is 5.32 Å². The Morgan fingerprint density at radius 2 is 2.00 bits per heavy atom. The van der Waals surface area contributed by atoms with E-state index in [1.54, 1.807) is 19.2 Å². The van der Waals surface area contributed by atoms with Gasteiger partial charge in [0.25, 0.3) is 0 Å². The predicted molar refractivity (Wildman–Crippen MR) is 75.2 cm³/mol. The fourth-order valence-corrected chi connectivity index (χ4v) is 2.24. The van der Waals surface area contributed by atoms with Crippen molar-refractivity contribution in [3.63, 3.8) is 0 Å². The highest BCUT2D eigenvalue weighted by atomic mass is 19.2. The monoisotopic (exact) mass is 270 g/mol. The summed E-state index contributed by atoms with van der Waals surface area (Å²) >= 11 is 0. The van der Waals surface area contributed by atoms with E-state index in [4.69, 9.17) is 0 Å². The van der Waals surface area contributed by atoms with E-state index in [0.717, 1.165) is 18.9 Å². The van der Waals surface area contributed by atoms with Crippen molar-refractivity contribution >= 4 is 0 Å². The summed E-state index contributed by atoms with van der Waals surface area (Å²) in [4.78, 5) is 2.18. The third-order valence-electron chi connectivity index (χ3n) is 3.63. The molecule has 0 aliphatic heterocycles. The van der Waals surface area contributed by atoms with Crippen molar-refractivity contribution in [3.05, 3.63) is 35.4 Å². The van der Waals surface area contributed by atoms with Gasteiger partial charge >= 0.3 is 0 Å². The molecule has 0 aliphatic carbocycles. The number of rotatable bonds is 7. The first kappa shape index (κ1) is 16.1. The van der Waals surface area contributed by atoms with Crippen LogP contribution in [0.3, 0.4) is 0 Å². The quantitative estimate of drug-likeness (QED) is 0.817. The van der Waals surface area contributed by atoms with Crippen LogP contribution in [0.2, 0.25) is 0 Å². The molecular formula is C15H24F2N2. The molecule has 0 aliphatic rings. The van der Waals surface area contributed by atoms with Crippen LogP contribution >= 0.6 is 0 Å². The van der Waals surface area contributed by atoms with Gasteiger partial charge in [0.2, 0.25) is 0 Å². The maximum atomic E-state index is 13.8. The number of hydrogen-bond donors (Lipinski definition) is 1. The summed E-state index contributed by atoms with van der Waals surface area (Å²) in [6.07, 6.45) is 2.21. The van der Waals surface area contributed by atoms with Crippen molar-refractivity contribution in [2.75, 3.05) is 20.6 Å². The van der Waals surface area contributed by atoms with E-state index in [1.807, 2.05) is 7.05 Å². The fourth-order valence-electron chi connectivity index (χ4n) is 2.24. The molecule has 2 atom stereocenters. The molecule has 2 nitrogen and oxygen atoms in total.